The van der Waals surface area contributed by atoms with Crippen LogP contribution in [0.2, 0.25) is 5.02 Å². The van der Waals surface area contributed by atoms with Crippen LogP contribution in [0.1, 0.15) is 31.7 Å². The Labute approximate surface area is 113 Å². The van der Waals surface area contributed by atoms with Crippen LogP contribution in [0.5, 0.6) is 0 Å². The standard InChI is InChI=1S/C14H20ClFN2/c1-9-5-6-10(7-9)13(18-17)8-11-3-2-4-12(16)14(11)15/h2-4,9-10,13,18H,5-8,17H2,1H3. The zero-order chi connectivity index (χ0) is 13.1. The Balaban J connectivity index is 2.08. The molecule has 1 saturated carbocycles. The molecule has 2 nitrogen and oxygen atoms in total. The summed E-state index contributed by atoms with van der Waals surface area (Å²) >= 11 is 5.99. The fourth-order valence-electron chi connectivity index (χ4n) is 2.92. The number of hydrogen-bond donors (Lipinski definition) is 2. The van der Waals surface area contributed by atoms with Crippen molar-refractivity contribution in [1.29, 1.82) is 0 Å². The lowest BCUT2D eigenvalue weighted by molar-refractivity contribution is 0.352. The molecule has 0 amide bonds. The van der Waals surface area contributed by atoms with E-state index in [9.17, 15) is 4.39 Å². The van der Waals surface area contributed by atoms with Gasteiger partial charge in [-0.1, -0.05) is 37.1 Å². The summed E-state index contributed by atoms with van der Waals surface area (Å²) in [6, 6.07) is 5.12. The minimum absolute atomic E-state index is 0.175. The van der Waals surface area contributed by atoms with E-state index < -0.39 is 0 Å². The summed E-state index contributed by atoms with van der Waals surface area (Å²) in [5, 5.41) is 0.226. The monoisotopic (exact) mass is 270 g/mol. The maximum Gasteiger partial charge on any atom is 0.142 e. The number of rotatable bonds is 4. The first-order valence-corrected chi connectivity index (χ1v) is 6.88. The lowest BCUT2D eigenvalue weighted by atomic mass is 9.92. The van der Waals surface area contributed by atoms with Crippen molar-refractivity contribution < 1.29 is 4.39 Å². The number of hydrogen-bond acceptors (Lipinski definition) is 2. The van der Waals surface area contributed by atoms with Crippen LogP contribution in [0.4, 0.5) is 4.39 Å². The molecule has 100 valence electrons. The van der Waals surface area contributed by atoms with Gasteiger partial charge in [0.05, 0.1) is 5.02 Å². The molecule has 3 unspecified atom stereocenters. The van der Waals surface area contributed by atoms with Crippen LogP contribution in [0, 0.1) is 17.7 Å². The average Bonchev–Trinajstić information content (AvgIpc) is 2.78. The van der Waals surface area contributed by atoms with Gasteiger partial charge in [0, 0.05) is 6.04 Å². The normalized spacial score (nSPS) is 25.3. The molecule has 1 aliphatic carbocycles. The topological polar surface area (TPSA) is 38.0 Å². The third-order valence-electron chi connectivity index (χ3n) is 3.99. The minimum Gasteiger partial charge on any atom is -0.271 e. The molecule has 1 aromatic carbocycles. The van der Waals surface area contributed by atoms with E-state index in [-0.39, 0.29) is 16.9 Å². The molecule has 1 fully saturated rings. The summed E-state index contributed by atoms with van der Waals surface area (Å²) < 4.78 is 13.4. The predicted octanol–water partition coefficient (Wildman–Crippen LogP) is 3.29. The highest BCUT2D eigenvalue weighted by atomic mass is 35.5. The summed E-state index contributed by atoms with van der Waals surface area (Å²) in [5.74, 6) is 6.61. The van der Waals surface area contributed by atoms with E-state index in [1.807, 2.05) is 6.07 Å². The largest absolute Gasteiger partial charge is 0.271 e. The second-order valence-corrected chi connectivity index (χ2v) is 5.75. The highest BCUT2D eigenvalue weighted by Gasteiger charge is 2.28. The molecule has 0 saturated heterocycles. The number of hydrazine groups is 1. The number of halogens is 2. The van der Waals surface area contributed by atoms with E-state index in [0.717, 1.165) is 11.5 Å². The van der Waals surface area contributed by atoms with Crippen molar-refractivity contribution in [2.24, 2.45) is 17.7 Å². The highest BCUT2D eigenvalue weighted by molar-refractivity contribution is 6.31. The van der Waals surface area contributed by atoms with Crippen LogP contribution < -0.4 is 11.3 Å². The van der Waals surface area contributed by atoms with E-state index in [0.29, 0.717) is 12.3 Å². The maximum atomic E-state index is 13.4. The summed E-state index contributed by atoms with van der Waals surface area (Å²) in [7, 11) is 0. The molecule has 0 bridgehead atoms. The number of benzene rings is 1. The van der Waals surface area contributed by atoms with Gasteiger partial charge in [-0.25, -0.2) is 4.39 Å². The van der Waals surface area contributed by atoms with Gasteiger partial charge in [0.15, 0.2) is 0 Å². The van der Waals surface area contributed by atoms with Gasteiger partial charge in [0.25, 0.3) is 0 Å². The highest BCUT2D eigenvalue weighted by Crippen LogP contribution is 2.34. The SMILES string of the molecule is CC1CCC(C(Cc2cccc(F)c2Cl)NN)C1. The van der Waals surface area contributed by atoms with Crippen molar-refractivity contribution in [3.8, 4) is 0 Å². The zero-order valence-corrected chi connectivity index (χ0v) is 11.4. The lowest BCUT2D eigenvalue weighted by Crippen LogP contribution is -2.41. The Morgan fingerprint density at radius 2 is 2.28 bits per heavy atom. The molecule has 0 spiro atoms. The second-order valence-electron chi connectivity index (χ2n) is 5.37. The molecule has 2 rings (SSSR count). The molecule has 0 heterocycles. The van der Waals surface area contributed by atoms with E-state index in [1.54, 1.807) is 6.07 Å². The molecule has 4 heteroatoms. The van der Waals surface area contributed by atoms with Gasteiger partial charge in [-0.05, 0) is 42.7 Å². The molecule has 3 atom stereocenters. The van der Waals surface area contributed by atoms with Crippen molar-refractivity contribution >= 4 is 11.6 Å². The van der Waals surface area contributed by atoms with Gasteiger partial charge >= 0.3 is 0 Å². The van der Waals surface area contributed by atoms with E-state index in [2.05, 4.69) is 12.3 Å². The molecule has 1 aliphatic rings. The molecular formula is C14H20ClFN2. The van der Waals surface area contributed by atoms with Gasteiger partial charge in [0.1, 0.15) is 5.82 Å². The van der Waals surface area contributed by atoms with Crippen molar-refractivity contribution in [1.82, 2.24) is 5.43 Å². The molecule has 18 heavy (non-hydrogen) atoms. The third-order valence-corrected chi connectivity index (χ3v) is 4.41. The Morgan fingerprint density at radius 3 is 2.89 bits per heavy atom. The van der Waals surface area contributed by atoms with Crippen molar-refractivity contribution in [3.05, 3.63) is 34.6 Å². The van der Waals surface area contributed by atoms with Gasteiger partial charge in [-0.2, -0.15) is 0 Å². The molecular weight excluding hydrogens is 251 g/mol. The minimum atomic E-state index is -0.357. The molecule has 1 aromatic rings. The third kappa shape index (κ3) is 3.02. The van der Waals surface area contributed by atoms with Crippen molar-refractivity contribution in [2.45, 2.75) is 38.6 Å². The summed E-state index contributed by atoms with van der Waals surface area (Å²) in [4.78, 5) is 0. The Morgan fingerprint density at radius 1 is 1.50 bits per heavy atom. The van der Waals surface area contributed by atoms with Crippen molar-refractivity contribution in [3.63, 3.8) is 0 Å². The molecule has 0 aromatic heterocycles. The fraction of sp³-hybridized carbons (Fsp3) is 0.571. The molecule has 0 radical (unpaired) electrons. The molecule has 3 N–H and O–H groups in total. The quantitative estimate of drug-likeness (QED) is 0.651. The first-order chi connectivity index (χ1) is 8.61. The van der Waals surface area contributed by atoms with E-state index in [4.69, 9.17) is 17.4 Å². The van der Waals surface area contributed by atoms with Crippen molar-refractivity contribution in [2.75, 3.05) is 0 Å². The van der Waals surface area contributed by atoms with Gasteiger partial charge in [0.2, 0.25) is 0 Å². The van der Waals surface area contributed by atoms with E-state index in [1.165, 1.54) is 25.3 Å². The zero-order valence-electron chi connectivity index (χ0n) is 10.6. The smallest absolute Gasteiger partial charge is 0.142 e. The Kier molecular flexibility index (Phi) is 4.60. The Hall–Kier alpha value is -0.640. The van der Waals surface area contributed by atoms with Crippen LogP contribution in [-0.4, -0.2) is 6.04 Å². The summed E-state index contributed by atoms with van der Waals surface area (Å²) in [6.45, 7) is 2.27. The average molecular weight is 271 g/mol. The number of nitrogens with two attached hydrogens (primary N) is 1. The second kappa shape index (κ2) is 6.00. The van der Waals surface area contributed by atoms with Crippen LogP contribution >= 0.6 is 11.6 Å². The fourth-order valence-corrected chi connectivity index (χ4v) is 3.12. The van der Waals surface area contributed by atoms with E-state index >= 15 is 0 Å². The predicted molar refractivity (Wildman–Crippen MR) is 72.7 cm³/mol. The first-order valence-electron chi connectivity index (χ1n) is 6.50. The number of nitrogens with one attached hydrogen (secondary N) is 1. The lowest BCUT2D eigenvalue weighted by Gasteiger charge is -2.23. The Bertz CT molecular complexity index is 411. The van der Waals surface area contributed by atoms with Gasteiger partial charge in [-0.15, -0.1) is 0 Å². The molecule has 0 aliphatic heterocycles. The van der Waals surface area contributed by atoms with Crippen LogP contribution in [-0.2, 0) is 6.42 Å². The first kappa shape index (κ1) is 13.8. The van der Waals surface area contributed by atoms with Crippen LogP contribution in [0.25, 0.3) is 0 Å². The summed E-state index contributed by atoms with van der Waals surface area (Å²) in [5.41, 5.74) is 3.71. The van der Waals surface area contributed by atoms with Gasteiger partial charge in [-0.3, -0.25) is 11.3 Å². The van der Waals surface area contributed by atoms with Crippen LogP contribution in [0.15, 0.2) is 18.2 Å². The maximum absolute atomic E-state index is 13.4. The van der Waals surface area contributed by atoms with Crippen LogP contribution in [0.3, 0.4) is 0 Å². The van der Waals surface area contributed by atoms with Gasteiger partial charge < -0.3 is 0 Å². The summed E-state index contributed by atoms with van der Waals surface area (Å²) in [6.07, 6.45) is 4.30.